The summed E-state index contributed by atoms with van der Waals surface area (Å²) in [5.41, 5.74) is 5.62. The number of hydrogen-bond donors (Lipinski definition) is 3. The van der Waals surface area contributed by atoms with Crippen molar-refractivity contribution in [1.29, 1.82) is 0 Å². The van der Waals surface area contributed by atoms with Crippen molar-refractivity contribution in [3.63, 3.8) is 0 Å². The Morgan fingerprint density at radius 2 is 2.00 bits per heavy atom. The monoisotopic (exact) mass is 404 g/mol. The molecule has 0 saturated carbocycles. The first-order valence-corrected chi connectivity index (χ1v) is 9.22. The van der Waals surface area contributed by atoms with Crippen molar-refractivity contribution in [2.24, 2.45) is 5.73 Å². The van der Waals surface area contributed by atoms with Gasteiger partial charge in [0.25, 0.3) is 5.91 Å². The molecular weight excluding hydrogens is 386 g/mol. The highest BCUT2D eigenvalue weighted by Gasteiger charge is 2.21. The minimum absolute atomic E-state index is 0.0999. The molecule has 0 spiro atoms. The first-order valence-electron chi connectivity index (χ1n) is 8.40. The van der Waals surface area contributed by atoms with E-state index in [-0.39, 0.29) is 22.6 Å². The number of halogens is 2. The fraction of sp³-hybridized carbons (Fsp3) is 0.211. The summed E-state index contributed by atoms with van der Waals surface area (Å²) in [4.78, 5) is 20.2. The number of nitrogens with one attached hydrogen (secondary N) is 1. The summed E-state index contributed by atoms with van der Waals surface area (Å²) >= 11 is 0.988. The number of thiophene rings is 1. The Morgan fingerprint density at radius 1 is 1.32 bits per heavy atom. The minimum atomic E-state index is -0.781. The lowest BCUT2D eigenvalue weighted by molar-refractivity contribution is 0.100. The molecule has 4 N–H and O–H groups in total. The summed E-state index contributed by atoms with van der Waals surface area (Å²) in [5, 5.41) is 12.5. The van der Waals surface area contributed by atoms with Crippen molar-refractivity contribution in [1.82, 2.24) is 9.97 Å². The Hall–Kier alpha value is -2.91. The predicted octanol–water partition coefficient (Wildman–Crippen LogP) is 3.73. The lowest BCUT2D eigenvalue weighted by Gasteiger charge is -2.11. The maximum atomic E-state index is 14.6. The molecule has 0 aliphatic carbocycles. The number of primary amides is 1. The van der Waals surface area contributed by atoms with Crippen LogP contribution < -0.4 is 11.1 Å². The molecule has 0 radical (unpaired) electrons. The summed E-state index contributed by atoms with van der Waals surface area (Å²) in [5.74, 6) is -1.75. The first-order chi connectivity index (χ1) is 13.3. The van der Waals surface area contributed by atoms with Crippen molar-refractivity contribution in [3.8, 4) is 10.4 Å². The van der Waals surface area contributed by atoms with Gasteiger partial charge in [-0.1, -0.05) is 6.92 Å². The highest BCUT2D eigenvalue weighted by molar-refractivity contribution is 7.20. The molecule has 0 bridgehead atoms. The fourth-order valence-electron chi connectivity index (χ4n) is 2.65. The van der Waals surface area contributed by atoms with Gasteiger partial charge in [-0.3, -0.25) is 4.79 Å². The molecule has 3 rings (SSSR count). The number of aliphatic hydroxyl groups is 1. The van der Waals surface area contributed by atoms with Crippen LogP contribution in [0.4, 0.5) is 19.6 Å². The van der Waals surface area contributed by atoms with Gasteiger partial charge in [0.05, 0.1) is 11.1 Å². The topological polar surface area (TPSA) is 101 Å². The Morgan fingerprint density at radius 3 is 2.57 bits per heavy atom. The molecule has 9 heteroatoms. The van der Waals surface area contributed by atoms with Gasteiger partial charge in [-0.2, -0.15) is 0 Å². The van der Waals surface area contributed by atoms with Crippen LogP contribution >= 0.6 is 11.3 Å². The van der Waals surface area contributed by atoms with Gasteiger partial charge in [0.1, 0.15) is 28.3 Å². The van der Waals surface area contributed by atoms with E-state index in [9.17, 15) is 18.7 Å². The van der Waals surface area contributed by atoms with Crippen LogP contribution in [0.3, 0.4) is 0 Å². The molecule has 28 heavy (non-hydrogen) atoms. The van der Waals surface area contributed by atoms with E-state index in [1.54, 1.807) is 26.1 Å². The second-order valence-electron chi connectivity index (χ2n) is 6.27. The number of carbonyl (C=O) groups excluding carboxylic acids is 1. The number of nitrogens with two attached hydrogens (primary N) is 1. The van der Waals surface area contributed by atoms with Gasteiger partial charge in [0.2, 0.25) is 0 Å². The van der Waals surface area contributed by atoms with Gasteiger partial charge < -0.3 is 16.2 Å². The van der Waals surface area contributed by atoms with Gasteiger partial charge >= 0.3 is 0 Å². The van der Waals surface area contributed by atoms with Crippen LogP contribution in [0, 0.1) is 18.6 Å². The molecule has 0 aliphatic rings. The lowest BCUT2D eigenvalue weighted by atomic mass is 9.99. The molecule has 0 fully saturated rings. The van der Waals surface area contributed by atoms with Crippen LogP contribution in [-0.2, 0) is 0 Å². The smallest absolute Gasteiger partial charge is 0.251 e. The zero-order valence-electron chi connectivity index (χ0n) is 15.2. The third-order valence-electron chi connectivity index (χ3n) is 4.17. The number of nitrogens with zero attached hydrogens (tertiary/aromatic N) is 2. The van der Waals surface area contributed by atoms with Crippen LogP contribution in [0.5, 0.6) is 0 Å². The summed E-state index contributed by atoms with van der Waals surface area (Å²) < 4.78 is 29.3. The molecule has 1 atom stereocenters. The lowest BCUT2D eigenvalue weighted by Crippen LogP contribution is -2.11. The van der Waals surface area contributed by atoms with Crippen LogP contribution in [0.25, 0.3) is 10.4 Å². The molecule has 6 nitrogen and oxygen atoms in total. The standard InChI is InChI=1S/C19H18F2N4O2S/c1-9(8-26)11-5-13(20)17(14(21)6-11)15-7-12(18(22)27)19(28-15)25-16-3-4-23-10(2)24-16/h3-7,9,26H,8H2,1-2H3,(H2,22,27)(H,23,24,25). The van der Waals surface area contributed by atoms with Crippen molar-refractivity contribution in [3.05, 3.63) is 59.0 Å². The van der Waals surface area contributed by atoms with E-state index in [4.69, 9.17) is 5.73 Å². The molecule has 0 saturated heterocycles. The third-order valence-corrected chi connectivity index (χ3v) is 5.24. The van der Waals surface area contributed by atoms with E-state index < -0.39 is 23.5 Å². The van der Waals surface area contributed by atoms with Crippen molar-refractivity contribution in [2.75, 3.05) is 11.9 Å². The van der Waals surface area contributed by atoms with Gasteiger partial charge in [0.15, 0.2) is 0 Å². The maximum Gasteiger partial charge on any atom is 0.251 e. The molecule has 0 aliphatic heterocycles. The van der Waals surface area contributed by atoms with E-state index in [0.717, 1.165) is 11.3 Å². The molecule has 2 heterocycles. The Balaban J connectivity index is 2.05. The molecule has 1 aromatic carbocycles. The van der Waals surface area contributed by atoms with E-state index in [0.29, 0.717) is 22.2 Å². The highest BCUT2D eigenvalue weighted by Crippen LogP contribution is 2.39. The number of amides is 1. The molecule has 1 unspecified atom stereocenters. The predicted molar refractivity (Wildman–Crippen MR) is 104 cm³/mol. The quantitative estimate of drug-likeness (QED) is 0.581. The number of hydrogen-bond acceptors (Lipinski definition) is 6. The normalized spacial score (nSPS) is 12.0. The average Bonchev–Trinajstić information content (AvgIpc) is 3.04. The SMILES string of the molecule is Cc1nccc(Nc2sc(-c3c(F)cc(C(C)CO)cc3F)cc2C(N)=O)n1. The Kier molecular flexibility index (Phi) is 5.66. The number of benzene rings is 1. The third kappa shape index (κ3) is 4.00. The maximum absolute atomic E-state index is 14.6. The van der Waals surface area contributed by atoms with E-state index in [2.05, 4.69) is 15.3 Å². The van der Waals surface area contributed by atoms with Gasteiger partial charge in [-0.25, -0.2) is 18.7 Å². The Labute approximate surface area is 164 Å². The van der Waals surface area contributed by atoms with Gasteiger partial charge in [0, 0.05) is 23.6 Å². The summed E-state index contributed by atoms with van der Waals surface area (Å²) in [6.07, 6.45) is 1.55. The zero-order chi connectivity index (χ0) is 20.4. The summed E-state index contributed by atoms with van der Waals surface area (Å²) in [6, 6.07) is 5.32. The fourth-order valence-corrected chi connectivity index (χ4v) is 3.77. The largest absolute Gasteiger partial charge is 0.396 e. The van der Waals surface area contributed by atoms with E-state index in [1.807, 2.05) is 0 Å². The molecule has 146 valence electrons. The van der Waals surface area contributed by atoms with Gasteiger partial charge in [-0.15, -0.1) is 11.3 Å². The molecule has 3 aromatic rings. The number of anilines is 2. The number of aryl methyl sites for hydroxylation is 1. The minimum Gasteiger partial charge on any atom is -0.396 e. The number of rotatable bonds is 6. The summed E-state index contributed by atoms with van der Waals surface area (Å²) in [6.45, 7) is 3.14. The summed E-state index contributed by atoms with van der Waals surface area (Å²) in [7, 11) is 0. The van der Waals surface area contributed by atoms with Gasteiger partial charge in [-0.05, 0) is 36.8 Å². The highest BCUT2D eigenvalue weighted by atomic mass is 32.1. The first kappa shape index (κ1) is 19.8. The van der Waals surface area contributed by atoms with E-state index in [1.165, 1.54) is 18.2 Å². The molecular formula is C19H18F2N4O2S. The van der Waals surface area contributed by atoms with Crippen molar-refractivity contribution in [2.45, 2.75) is 19.8 Å². The van der Waals surface area contributed by atoms with E-state index >= 15 is 0 Å². The molecule has 1 amide bonds. The van der Waals surface area contributed by atoms with Crippen LogP contribution in [0.2, 0.25) is 0 Å². The second-order valence-corrected chi connectivity index (χ2v) is 7.33. The van der Waals surface area contributed by atoms with Crippen molar-refractivity contribution < 1.29 is 18.7 Å². The average molecular weight is 404 g/mol. The zero-order valence-corrected chi connectivity index (χ0v) is 16.0. The number of carbonyl (C=O) groups is 1. The second kappa shape index (κ2) is 7.99. The van der Waals surface area contributed by atoms with Crippen molar-refractivity contribution >= 4 is 28.1 Å². The number of aliphatic hydroxyl groups excluding tert-OH is 1. The number of aromatic nitrogens is 2. The Bertz CT molecular complexity index is 1020. The molecule has 2 aromatic heterocycles. The van der Waals surface area contributed by atoms with Crippen LogP contribution in [0.15, 0.2) is 30.5 Å². The van der Waals surface area contributed by atoms with Crippen LogP contribution in [-0.4, -0.2) is 27.6 Å². The van der Waals surface area contributed by atoms with Crippen LogP contribution in [0.1, 0.15) is 34.6 Å².